The maximum absolute atomic E-state index is 12.6. The van der Waals surface area contributed by atoms with Gasteiger partial charge in [0.05, 0.1) is 10.2 Å². The van der Waals surface area contributed by atoms with Crippen molar-refractivity contribution >= 4 is 59.9 Å². The molecule has 3 rings (SSSR count). The summed E-state index contributed by atoms with van der Waals surface area (Å²) in [5, 5.41) is 7.98. The number of carbonyl (C=O) groups is 1. The largest absolute Gasteiger partial charge is 0.321 e. The molecule has 0 saturated heterocycles. The number of fused-ring (bicyclic) bond motifs is 1. The average molecular weight is 431 g/mol. The second-order valence-electron chi connectivity index (χ2n) is 6.20. The van der Waals surface area contributed by atoms with Crippen LogP contribution in [0.4, 0.5) is 10.8 Å². The number of aryl methyl sites for hydroxylation is 2. The van der Waals surface area contributed by atoms with Gasteiger partial charge in [0, 0.05) is 21.4 Å². The lowest BCUT2D eigenvalue weighted by molar-refractivity contribution is 0.102. The fourth-order valence-corrected chi connectivity index (χ4v) is 3.89. The summed E-state index contributed by atoms with van der Waals surface area (Å²) in [6.45, 7) is 7.82. The summed E-state index contributed by atoms with van der Waals surface area (Å²) in [5.74, 6) is -0.133. The van der Waals surface area contributed by atoms with Gasteiger partial charge in [-0.2, -0.15) is 5.10 Å². The molecule has 0 fully saturated rings. The Morgan fingerprint density at radius 2 is 2.00 bits per heavy atom. The molecular formula is C19H19BrN4OS. The summed E-state index contributed by atoms with van der Waals surface area (Å²) in [7, 11) is 0. The molecule has 2 aromatic carbocycles. The van der Waals surface area contributed by atoms with Crippen LogP contribution in [0, 0.1) is 13.8 Å². The molecule has 2 N–H and O–H groups in total. The maximum Gasteiger partial charge on any atom is 0.255 e. The molecule has 134 valence electrons. The van der Waals surface area contributed by atoms with Gasteiger partial charge in [-0.3, -0.25) is 10.2 Å². The Morgan fingerprint density at radius 3 is 2.69 bits per heavy atom. The molecule has 26 heavy (non-hydrogen) atoms. The quantitative estimate of drug-likeness (QED) is 0.409. The number of nitrogens with one attached hydrogen (secondary N) is 2. The molecule has 0 aliphatic rings. The Morgan fingerprint density at radius 1 is 1.23 bits per heavy atom. The van der Waals surface area contributed by atoms with Crippen LogP contribution in [0.25, 0.3) is 10.2 Å². The van der Waals surface area contributed by atoms with Crippen molar-refractivity contribution in [3.8, 4) is 0 Å². The lowest BCUT2D eigenvalue weighted by atomic mass is 10.1. The van der Waals surface area contributed by atoms with E-state index in [-0.39, 0.29) is 5.91 Å². The van der Waals surface area contributed by atoms with E-state index in [2.05, 4.69) is 36.8 Å². The van der Waals surface area contributed by atoms with Gasteiger partial charge in [0.15, 0.2) is 0 Å². The fraction of sp³-hybridized carbons (Fsp3) is 0.211. The molecule has 0 unspecified atom stereocenters. The van der Waals surface area contributed by atoms with Crippen LogP contribution < -0.4 is 10.7 Å². The topological polar surface area (TPSA) is 66.4 Å². The van der Waals surface area contributed by atoms with Crippen LogP contribution in [0.15, 0.2) is 39.9 Å². The van der Waals surface area contributed by atoms with Crippen LogP contribution in [0.1, 0.15) is 35.3 Å². The SMILES string of the molecule is CC(C)=NNc1nc2cc(C)c(NC(=O)c3cccc(Br)c3)c(C)c2s1. The van der Waals surface area contributed by atoms with Crippen LogP contribution in [0.5, 0.6) is 0 Å². The molecule has 0 radical (unpaired) electrons. The number of aromatic nitrogens is 1. The van der Waals surface area contributed by atoms with Crippen LogP contribution in [-0.2, 0) is 0 Å². The van der Waals surface area contributed by atoms with Gasteiger partial charge >= 0.3 is 0 Å². The highest BCUT2D eigenvalue weighted by atomic mass is 79.9. The highest BCUT2D eigenvalue weighted by Crippen LogP contribution is 2.35. The summed E-state index contributed by atoms with van der Waals surface area (Å²) in [6.07, 6.45) is 0. The number of benzene rings is 2. The molecule has 0 aliphatic heterocycles. The van der Waals surface area contributed by atoms with E-state index in [1.807, 2.05) is 45.9 Å². The number of nitrogens with zero attached hydrogens (tertiary/aromatic N) is 2. The first-order chi connectivity index (χ1) is 12.3. The summed E-state index contributed by atoms with van der Waals surface area (Å²) in [6, 6.07) is 9.33. The van der Waals surface area contributed by atoms with Crippen molar-refractivity contribution in [3.05, 3.63) is 51.5 Å². The minimum absolute atomic E-state index is 0.133. The Hall–Kier alpha value is -2.25. The number of hydrogen-bond donors (Lipinski definition) is 2. The summed E-state index contributed by atoms with van der Waals surface area (Å²) >= 11 is 4.93. The van der Waals surface area contributed by atoms with E-state index in [0.717, 1.165) is 42.3 Å². The van der Waals surface area contributed by atoms with Crippen LogP contribution >= 0.6 is 27.3 Å². The van der Waals surface area contributed by atoms with E-state index in [1.54, 1.807) is 12.1 Å². The van der Waals surface area contributed by atoms with E-state index in [0.29, 0.717) is 5.56 Å². The van der Waals surface area contributed by atoms with E-state index < -0.39 is 0 Å². The predicted octanol–water partition coefficient (Wildman–Crippen LogP) is 5.74. The zero-order valence-corrected chi connectivity index (χ0v) is 17.4. The molecule has 0 bridgehead atoms. The van der Waals surface area contributed by atoms with Crippen molar-refractivity contribution in [2.45, 2.75) is 27.7 Å². The fourth-order valence-electron chi connectivity index (χ4n) is 2.60. The molecule has 1 amide bonds. The second-order valence-corrected chi connectivity index (χ2v) is 8.11. The van der Waals surface area contributed by atoms with Crippen molar-refractivity contribution in [3.63, 3.8) is 0 Å². The molecule has 7 heteroatoms. The number of amides is 1. The van der Waals surface area contributed by atoms with Crippen molar-refractivity contribution in [1.29, 1.82) is 0 Å². The van der Waals surface area contributed by atoms with Gasteiger partial charge in [-0.05, 0) is 63.1 Å². The lowest BCUT2D eigenvalue weighted by Gasteiger charge is -2.12. The second kappa shape index (κ2) is 7.55. The zero-order chi connectivity index (χ0) is 18.8. The van der Waals surface area contributed by atoms with Gasteiger partial charge in [-0.25, -0.2) is 4.98 Å². The third-order valence-corrected chi connectivity index (χ3v) is 5.41. The highest BCUT2D eigenvalue weighted by molar-refractivity contribution is 9.10. The normalized spacial score (nSPS) is 10.7. The maximum atomic E-state index is 12.6. The average Bonchev–Trinajstić information content (AvgIpc) is 2.99. The van der Waals surface area contributed by atoms with Gasteiger partial charge in [0.2, 0.25) is 5.13 Å². The van der Waals surface area contributed by atoms with Crippen LogP contribution in [-0.4, -0.2) is 16.6 Å². The Bertz CT molecular complexity index is 1020. The van der Waals surface area contributed by atoms with E-state index in [4.69, 9.17) is 0 Å². The molecule has 0 spiro atoms. The van der Waals surface area contributed by atoms with Gasteiger partial charge < -0.3 is 5.32 Å². The van der Waals surface area contributed by atoms with Crippen molar-refractivity contribution in [2.75, 3.05) is 10.7 Å². The van der Waals surface area contributed by atoms with Gasteiger partial charge in [0.25, 0.3) is 5.91 Å². The summed E-state index contributed by atoms with van der Waals surface area (Å²) in [5.41, 5.74) is 8.22. The first-order valence-corrected chi connectivity index (χ1v) is 9.70. The van der Waals surface area contributed by atoms with E-state index in [1.165, 1.54) is 11.3 Å². The molecule has 1 heterocycles. The van der Waals surface area contributed by atoms with Gasteiger partial charge in [-0.15, -0.1) is 0 Å². The number of rotatable bonds is 4. The Balaban J connectivity index is 1.95. The Labute approximate surface area is 164 Å². The number of carbonyl (C=O) groups excluding carboxylic acids is 1. The molecule has 0 aliphatic carbocycles. The molecule has 0 atom stereocenters. The minimum Gasteiger partial charge on any atom is -0.321 e. The van der Waals surface area contributed by atoms with E-state index >= 15 is 0 Å². The van der Waals surface area contributed by atoms with Gasteiger partial charge in [-0.1, -0.05) is 33.3 Å². The Kier molecular flexibility index (Phi) is 5.38. The molecule has 3 aromatic rings. The van der Waals surface area contributed by atoms with Crippen LogP contribution in [0.2, 0.25) is 0 Å². The lowest BCUT2D eigenvalue weighted by Crippen LogP contribution is -2.13. The molecule has 5 nitrogen and oxygen atoms in total. The van der Waals surface area contributed by atoms with Crippen molar-refractivity contribution in [1.82, 2.24) is 4.98 Å². The number of thiazole rings is 1. The van der Waals surface area contributed by atoms with E-state index in [9.17, 15) is 4.79 Å². The van der Waals surface area contributed by atoms with Gasteiger partial charge in [0.1, 0.15) is 0 Å². The molecular weight excluding hydrogens is 412 g/mol. The molecule has 1 aromatic heterocycles. The third-order valence-electron chi connectivity index (χ3n) is 3.82. The number of halogens is 1. The first-order valence-electron chi connectivity index (χ1n) is 8.09. The third kappa shape index (κ3) is 3.94. The summed E-state index contributed by atoms with van der Waals surface area (Å²) < 4.78 is 1.91. The standard InChI is InChI=1S/C19H19BrN4OS/c1-10(2)23-24-19-21-15-8-11(3)16(12(4)17(15)26-19)22-18(25)13-6-5-7-14(20)9-13/h5-9H,1-4H3,(H,21,24)(H,22,25). The highest BCUT2D eigenvalue weighted by Gasteiger charge is 2.15. The minimum atomic E-state index is -0.133. The molecule has 0 saturated carbocycles. The zero-order valence-electron chi connectivity index (χ0n) is 15.0. The number of anilines is 2. The summed E-state index contributed by atoms with van der Waals surface area (Å²) in [4.78, 5) is 17.2. The van der Waals surface area contributed by atoms with Crippen LogP contribution in [0.3, 0.4) is 0 Å². The predicted molar refractivity (Wildman–Crippen MR) is 114 cm³/mol. The number of hydrogen-bond acceptors (Lipinski definition) is 5. The monoisotopic (exact) mass is 430 g/mol. The van der Waals surface area contributed by atoms with Crippen molar-refractivity contribution < 1.29 is 4.79 Å². The van der Waals surface area contributed by atoms with Crippen molar-refractivity contribution in [2.24, 2.45) is 5.10 Å². The first kappa shape index (κ1) is 18.5. The number of hydrazone groups is 1. The smallest absolute Gasteiger partial charge is 0.255 e.